The molecule has 0 aliphatic carbocycles. The predicted octanol–water partition coefficient (Wildman–Crippen LogP) is 4.66. The first-order valence-corrected chi connectivity index (χ1v) is 7.20. The molecule has 4 heteroatoms. The average Bonchev–Trinajstić information content (AvgIpc) is 2.40. The van der Waals surface area contributed by atoms with E-state index in [2.05, 4.69) is 34.2 Å². The maximum absolute atomic E-state index is 9.38. The lowest BCUT2D eigenvalue weighted by molar-refractivity contribution is 0.475. The zero-order chi connectivity index (χ0) is 13.8. The smallest absolute Gasteiger partial charge is 0.134 e. The van der Waals surface area contributed by atoms with Crippen molar-refractivity contribution in [3.63, 3.8) is 0 Å². The first-order chi connectivity index (χ1) is 9.08. The predicted molar refractivity (Wildman–Crippen MR) is 82.5 cm³/mol. The van der Waals surface area contributed by atoms with Crippen LogP contribution in [0.3, 0.4) is 0 Å². The first kappa shape index (κ1) is 14.4. The minimum absolute atomic E-state index is 0.115. The maximum atomic E-state index is 9.38. The molecule has 2 aromatic rings. The first-order valence-electron chi connectivity index (χ1n) is 6.03. The molecule has 0 heterocycles. The fourth-order valence-electron chi connectivity index (χ4n) is 1.87. The van der Waals surface area contributed by atoms with Crippen LogP contribution in [0.1, 0.15) is 24.1 Å². The van der Waals surface area contributed by atoms with E-state index in [0.717, 1.165) is 10.0 Å². The van der Waals surface area contributed by atoms with Crippen LogP contribution >= 0.6 is 27.5 Å². The summed E-state index contributed by atoms with van der Waals surface area (Å²) in [6.07, 6.45) is 0. The van der Waals surface area contributed by atoms with Gasteiger partial charge in [-0.25, -0.2) is 0 Å². The van der Waals surface area contributed by atoms with Crippen LogP contribution in [-0.4, -0.2) is 5.11 Å². The summed E-state index contributed by atoms with van der Waals surface area (Å²) in [6.45, 7) is 2.81. The second kappa shape index (κ2) is 6.42. The number of phenolic OH excluding ortho intramolecular Hbond substituents is 1. The van der Waals surface area contributed by atoms with Crippen LogP contribution in [0.2, 0.25) is 5.02 Å². The molecule has 0 spiro atoms. The Labute approximate surface area is 126 Å². The van der Waals surface area contributed by atoms with E-state index >= 15 is 0 Å². The third-order valence-corrected chi connectivity index (χ3v) is 4.02. The van der Waals surface area contributed by atoms with Gasteiger partial charge in [-0.2, -0.15) is 0 Å². The lowest BCUT2D eigenvalue weighted by atomic mass is 10.1. The van der Waals surface area contributed by atoms with Crippen LogP contribution in [0, 0.1) is 0 Å². The Morgan fingerprint density at radius 2 is 2.00 bits per heavy atom. The van der Waals surface area contributed by atoms with Crippen LogP contribution in [0.15, 0.2) is 46.9 Å². The van der Waals surface area contributed by atoms with Gasteiger partial charge in [0.25, 0.3) is 0 Å². The second-order valence-electron chi connectivity index (χ2n) is 4.41. The highest BCUT2D eigenvalue weighted by Crippen LogP contribution is 2.25. The molecular formula is C15H15BrClNO. The van der Waals surface area contributed by atoms with Crippen molar-refractivity contribution >= 4 is 27.5 Å². The van der Waals surface area contributed by atoms with E-state index in [9.17, 15) is 5.11 Å². The highest BCUT2D eigenvalue weighted by molar-refractivity contribution is 9.10. The molecule has 1 atom stereocenters. The van der Waals surface area contributed by atoms with Gasteiger partial charge >= 0.3 is 0 Å². The number of phenols is 1. The lowest BCUT2D eigenvalue weighted by Gasteiger charge is -2.16. The van der Waals surface area contributed by atoms with Crippen LogP contribution in [0.4, 0.5) is 0 Å². The van der Waals surface area contributed by atoms with E-state index in [1.807, 2.05) is 24.3 Å². The topological polar surface area (TPSA) is 32.3 Å². The van der Waals surface area contributed by atoms with Crippen molar-refractivity contribution in [2.75, 3.05) is 0 Å². The number of aromatic hydroxyl groups is 1. The Kier molecular flexibility index (Phi) is 4.86. The number of hydrogen-bond donors (Lipinski definition) is 2. The van der Waals surface area contributed by atoms with Gasteiger partial charge in [-0.15, -0.1) is 0 Å². The summed E-state index contributed by atoms with van der Waals surface area (Å²) in [5, 5.41) is 13.2. The molecule has 2 aromatic carbocycles. The molecule has 1 unspecified atom stereocenters. The normalized spacial score (nSPS) is 12.4. The lowest BCUT2D eigenvalue weighted by Crippen LogP contribution is -2.18. The van der Waals surface area contributed by atoms with Crippen molar-refractivity contribution in [2.45, 2.75) is 19.5 Å². The highest BCUT2D eigenvalue weighted by Gasteiger charge is 2.08. The largest absolute Gasteiger partial charge is 0.506 e. The fraction of sp³-hybridized carbons (Fsp3) is 0.200. The minimum atomic E-state index is 0.115. The van der Waals surface area contributed by atoms with Crippen molar-refractivity contribution in [1.82, 2.24) is 5.32 Å². The van der Waals surface area contributed by atoms with Gasteiger partial charge in [-0.05, 0) is 36.2 Å². The van der Waals surface area contributed by atoms with Gasteiger partial charge in [0.05, 0.1) is 5.02 Å². The summed E-state index contributed by atoms with van der Waals surface area (Å²) < 4.78 is 1.10. The summed E-state index contributed by atoms with van der Waals surface area (Å²) in [4.78, 5) is 0. The molecule has 2 N–H and O–H groups in total. The van der Waals surface area contributed by atoms with Crippen LogP contribution < -0.4 is 5.32 Å². The molecular weight excluding hydrogens is 326 g/mol. The van der Waals surface area contributed by atoms with Crippen molar-refractivity contribution in [3.8, 4) is 5.75 Å². The molecule has 0 amide bonds. The summed E-state index contributed by atoms with van der Waals surface area (Å²) in [5.74, 6) is 0.115. The van der Waals surface area contributed by atoms with Gasteiger partial charge in [0.15, 0.2) is 0 Å². The average molecular weight is 341 g/mol. The molecule has 0 saturated carbocycles. The zero-order valence-corrected chi connectivity index (χ0v) is 12.9. The van der Waals surface area contributed by atoms with Crippen LogP contribution in [-0.2, 0) is 6.54 Å². The van der Waals surface area contributed by atoms with Gasteiger partial charge in [-0.3, -0.25) is 0 Å². The Morgan fingerprint density at radius 3 is 2.68 bits per heavy atom. The molecule has 0 bridgehead atoms. The Balaban J connectivity index is 2.02. The molecule has 0 aromatic heterocycles. The van der Waals surface area contributed by atoms with Crippen molar-refractivity contribution in [2.24, 2.45) is 0 Å². The molecule has 0 aliphatic heterocycles. The van der Waals surface area contributed by atoms with Gasteiger partial charge < -0.3 is 10.4 Å². The number of nitrogens with one attached hydrogen (secondary N) is 1. The molecule has 0 saturated heterocycles. The van der Waals surface area contributed by atoms with E-state index in [1.165, 1.54) is 5.56 Å². The fourth-order valence-corrected chi connectivity index (χ4v) is 2.70. The maximum Gasteiger partial charge on any atom is 0.134 e. The Morgan fingerprint density at radius 1 is 1.26 bits per heavy atom. The number of hydrogen-bond acceptors (Lipinski definition) is 2. The minimum Gasteiger partial charge on any atom is -0.506 e. The Bertz CT molecular complexity index is 574. The third-order valence-electron chi connectivity index (χ3n) is 3.00. The summed E-state index contributed by atoms with van der Waals surface area (Å²) >= 11 is 9.44. The van der Waals surface area contributed by atoms with E-state index < -0.39 is 0 Å². The molecule has 2 rings (SSSR count). The molecule has 0 radical (unpaired) electrons. The van der Waals surface area contributed by atoms with Crippen molar-refractivity contribution in [3.05, 3.63) is 63.1 Å². The zero-order valence-electron chi connectivity index (χ0n) is 10.5. The number of halogens is 2. The van der Waals surface area contributed by atoms with Gasteiger partial charge in [0, 0.05) is 17.1 Å². The van der Waals surface area contributed by atoms with E-state index in [1.54, 1.807) is 12.1 Å². The van der Waals surface area contributed by atoms with Crippen LogP contribution in [0.5, 0.6) is 5.75 Å². The van der Waals surface area contributed by atoms with Crippen molar-refractivity contribution in [1.29, 1.82) is 0 Å². The van der Waals surface area contributed by atoms with Gasteiger partial charge in [-0.1, -0.05) is 51.8 Å². The molecule has 19 heavy (non-hydrogen) atoms. The highest BCUT2D eigenvalue weighted by atomic mass is 79.9. The SMILES string of the molecule is CC(NCc1ccc(O)c(Cl)c1)c1ccccc1Br. The summed E-state index contributed by atoms with van der Waals surface area (Å²) in [5.41, 5.74) is 2.26. The Hall–Kier alpha value is -1.03. The quantitative estimate of drug-likeness (QED) is 0.848. The van der Waals surface area contributed by atoms with Crippen LogP contribution in [0.25, 0.3) is 0 Å². The van der Waals surface area contributed by atoms with Gasteiger partial charge in [0.1, 0.15) is 5.75 Å². The van der Waals surface area contributed by atoms with Crippen molar-refractivity contribution < 1.29 is 5.11 Å². The summed E-state index contributed by atoms with van der Waals surface area (Å²) in [7, 11) is 0. The van der Waals surface area contributed by atoms with E-state index in [0.29, 0.717) is 11.6 Å². The molecule has 0 aliphatic rings. The third kappa shape index (κ3) is 3.72. The monoisotopic (exact) mass is 339 g/mol. The molecule has 0 fully saturated rings. The van der Waals surface area contributed by atoms with E-state index in [-0.39, 0.29) is 11.8 Å². The number of benzene rings is 2. The second-order valence-corrected chi connectivity index (χ2v) is 5.67. The standard InChI is InChI=1S/C15H15BrClNO/c1-10(12-4-2-3-5-13(12)16)18-9-11-6-7-15(19)14(17)8-11/h2-8,10,18-19H,9H2,1H3. The van der Waals surface area contributed by atoms with E-state index in [4.69, 9.17) is 11.6 Å². The van der Waals surface area contributed by atoms with Gasteiger partial charge in [0.2, 0.25) is 0 Å². The summed E-state index contributed by atoms with van der Waals surface area (Å²) in [6, 6.07) is 13.6. The molecule has 2 nitrogen and oxygen atoms in total. The number of rotatable bonds is 4. The molecule has 100 valence electrons.